The summed E-state index contributed by atoms with van der Waals surface area (Å²) in [5.41, 5.74) is 0.306. The Hall–Kier alpha value is -1.93. The number of benzene rings is 1. The van der Waals surface area contributed by atoms with E-state index in [0.29, 0.717) is 5.56 Å². The number of carbonyl (C=O) groups excluding carboxylic acids is 2. The summed E-state index contributed by atoms with van der Waals surface area (Å²) in [5, 5.41) is 5.02. The third kappa shape index (κ3) is 4.62. The van der Waals surface area contributed by atoms with Crippen LogP contribution in [0.25, 0.3) is 0 Å². The first-order chi connectivity index (χ1) is 12.3. The molecular weight excluding hydrogens is 354 g/mol. The van der Waals surface area contributed by atoms with Gasteiger partial charge in [0.25, 0.3) is 5.91 Å². The van der Waals surface area contributed by atoms with Crippen LogP contribution >= 0.6 is 0 Å². The molecule has 1 aliphatic carbocycles. The van der Waals surface area contributed by atoms with Crippen molar-refractivity contribution in [1.82, 2.24) is 14.9 Å². The molecule has 1 saturated carbocycles. The fraction of sp³-hybridized carbons (Fsp3) is 0.556. The van der Waals surface area contributed by atoms with Crippen LogP contribution < -0.4 is 10.6 Å². The van der Waals surface area contributed by atoms with Crippen molar-refractivity contribution in [2.24, 2.45) is 0 Å². The minimum atomic E-state index is -3.58. The summed E-state index contributed by atoms with van der Waals surface area (Å²) >= 11 is 0. The standard InChI is InChI=1S/C18H27N3O4S/c1-13(17(22)19-2)20-18(23)14-9-11-16(12-10-14)26(24,25)21(3)15-7-5-4-6-8-15/h9-13,15H,4-8H2,1-3H3,(H,19,22)(H,20,23). The summed E-state index contributed by atoms with van der Waals surface area (Å²) in [6, 6.07) is 5.17. The number of hydrogen-bond acceptors (Lipinski definition) is 4. The molecule has 7 nitrogen and oxygen atoms in total. The predicted molar refractivity (Wildman–Crippen MR) is 99.3 cm³/mol. The maximum atomic E-state index is 12.8. The van der Waals surface area contributed by atoms with E-state index in [1.807, 2.05) is 0 Å². The first kappa shape index (κ1) is 20.4. The van der Waals surface area contributed by atoms with Gasteiger partial charge in [-0.25, -0.2) is 8.42 Å². The number of carbonyl (C=O) groups is 2. The third-order valence-electron chi connectivity index (χ3n) is 4.87. The molecule has 0 aliphatic heterocycles. The van der Waals surface area contributed by atoms with Gasteiger partial charge >= 0.3 is 0 Å². The van der Waals surface area contributed by atoms with E-state index in [1.165, 1.54) is 35.6 Å². The number of nitrogens with one attached hydrogen (secondary N) is 2. The number of nitrogens with zero attached hydrogens (tertiary/aromatic N) is 1. The Bertz CT molecular complexity index is 740. The fourth-order valence-corrected chi connectivity index (χ4v) is 4.56. The number of amides is 2. The lowest BCUT2D eigenvalue weighted by Gasteiger charge is -2.30. The first-order valence-corrected chi connectivity index (χ1v) is 10.3. The average molecular weight is 381 g/mol. The van der Waals surface area contributed by atoms with Crippen LogP contribution in [-0.4, -0.2) is 50.7 Å². The van der Waals surface area contributed by atoms with Crippen LogP contribution in [0.4, 0.5) is 0 Å². The Kier molecular flexibility index (Phi) is 6.77. The van der Waals surface area contributed by atoms with Gasteiger partial charge in [-0.05, 0) is 44.0 Å². The number of hydrogen-bond donors (Lipinski definition) is 2. The van der Waals surface area contributed by atoms with Gasteiger partial charge in [0.2, 0.25) is 15.9 Å². The molecule has 0 aromatic heterocycles. The summed E-state index contributed by atoms with van der Waals surface area (Å²) in [7, 11) is -0.468. The Morgan fingerprint density at radius 2 is 1.69 bits per heavy atom. The van der Waals surface area contributed by atoms with E-state index in [-0.39, 0.29) is 16.8 Å². The van der Waals surface area contributed by atoms with Crippen molar-refractivity contribution in [3.05, 3.63) is 29.8 Å². The molecule has 8 heteroatoms. The monoisotopic (exact) mass is 381 g/mol. The zero-order chi connectivity index (χ0) is 19.3. The van der Waals surface area contributed by atoms with Gasteiger partial charge in [0.1, 0.15) is 6.04 Å². The molecule has 0 bridgehead atoms. The van der Waals surface area contributed by atoms with Crippen LogP contribution in [0.15, 0.2) is 29.2 Å². The number of sulfonamides is 1. The van der Waals surface area contributed by atoms with Gasteiger partial charge in [-0.1, -0.05) is 19.3 Å². The lowest BCUT2D eigenvalue weighted by Crippen LogP contribution is -2.43. The molecule has 1 aromatic carbocycles. The van der Waals surface area contributed by atoms with Crippen LogP contribution in [0.2, 0.25) is 0 Å². The van der Waals surface area contributed by atoms with Crippen molar-refractivity contribution >= 4 is 21.8 Å². The quantitative estimate of drug-likeness (QED) is 0.781. The highest BCUT2D eigenvalue weighted by Gasteiger charge is 2.29. The molecule has 2 N–H and O–H groups in total. The van der Waals surface area contributed by atoms with Gasteiger partial charge in [-0.3, -0.25) is 9.59 Å². The van der Waals surface area contributed by atoms with E-state index >= 15 is 0 Å². The summed E-state index contributed by atoms with van der Waals surface area (Å²) in [5.74, 6) is -0.725. The van der Waals surface area contributed by atoms with Crippen LogP contribution in [0.5, 0.6) is 0 Å². The lowest BCUT2D eigenvalue weighted by molar-refractivity contribution is -0.122. The van der Waals surface area contributed by atoms with Crippen molar-refractivity contribution in [2.75, 3.05) is 14.1 Å². The second-order valence-corrected chi connectivity index (χ2v) is 8.64. The highest BCUT2D eigenvalue weighted by atomic mass is 32.2. The highest BCUT2D eigenvalue weighted by Crippen LogP contribution is 2.26. The van der Waals surface area contributed by atoms with Gasteiger partial charge in [-0.2, -0.15) is 4.31 Å². The fourth-order valence-electron chi connectivity index (χ4n) is 3.15. The van der Waals surface area contributed by atoms with Crippen LogP contribution in [0.3, 0.4) is 0 Å². The van der Waals surface area contributed by atoms with Crippen molar-refractivity contribution in [3.8, 4) is 0 Å². The molecule has 1 atom stereocenters. The molecule has 1 unspecified atom stereocenters. The Balaban J connectivity index is 2.10. The molecule has 1 aromatic rings. The SMILES string of the molecule is CNC(=O)C(C)NC(=O)c1ccc(S(=O)(=O)N(C)C2CCCCC2)cc1. The average Bonchev–Trinajstić information content (AvgIpc) is 2.67. The van der Waals surface area contributed by atoms with E-state index < -0.39 is 22.0 Å². The maximum absolute atomic E-state index is 12.8. The van der Waals surface area contributed by atoms with E-state index in [9.17, 15) is 18.0 Å². The summed E-state index contributed by atoms with van der Waals surface area (Å²) in [6.45, 7) is 1.58. The van der Waals surface area contributed by atoms with Gasteiger partial charge in [0.05, 0.1) is 4.90 Å². The van der Waals surface area contributed by atoms with Crippen LogP contribution in [0, 0.1) is 0 Å². The Morgan fingerprint density at radius 3 is 2.23 bits per heavy atom. The summed E-state index contributed by atoms with van der Waals surface area (Å²) in [4.78, 5) is 23.8. The summed E-state index contributed by atoms with van der Waals surface area (Å²) in [6.07, 6.45) is 5.02. The molecule has 1 aliphatic rings. The Morgan fingerprint density at radius 1 is 1.12 bits per heavy atom. The number of rotatable bonds is 6. The second-order valence-electron chi connectivity index (χ2n) is 6.65. The molecule has 0 spiro atoms. The molecular formula is C18H27N3O4S. The molecule has 2 amide bonds. The maximum Gasteiger partial charge on any atom is 0.251 e. The zero-order valence-corrected chi connectivity index (χ0v) is 16.3. The minimum Gasteiger partial charge on any atom is -0.357 e. The van der Waals surface area contributed by atoms with Crippen molar-refractivity contribution < 1.29 is 18.0 Å². The largest absolute Gasteiger partial charge is 0.357 e. The van der Waals surface area contributed by atoms with Gasteiger partial charge in [0.15, 0.2) is 0 Å². The molecule has 1 fully saturated rings. The van der Waals surface area contributed by atoms with E-state index in [4.69, 9.17) is 0 Å². The second kappa shape index (κ2) is 8.64. The lowest BCUT2D eigenvalue weighted by atomic mass is 9.96. The topological polar surface area (TPSA) is 95.6 Å². The van der Waals surface area contributed by atoms with Gasteiger partial charge < -0.3 is 10.6 Å². The van der Waals surface area contributed by atoms with Crippen LogP contribution in [-0.2, 0) is 14.8 Å². The smallest absolute Gasteiger partial charge is 0.251 e. The van der Waals surface area contributed by atoms with E-state index in [2.05, 4.69) is 10.6 Å². The molecule has 0 saturated heterocycles. The number of likely N-dealkylation sites (N-methyl/N-ethyl adjacent to an activating group) is 1. The molecule has 0 heterocycles. The van der Waals surface area contributed by atoms with Crippen LogP contribution in [0.1, 0.15) is 49.4 Å². The van der Waals surface area contributed by atoms with Crippen molar-refractivity contribution in [3.63, 3.8) is 0 Å². The first-order valence-electron chi connectivity index (χ1n) is 8.88. The normalized spacial score (nSPS) is 16.9. The van der Waals surface area contributed by atoms with E-state index in [0.717, 1.165) is 32.1 Å². The molecule has 26 heavy (non-hydrogen) atoms. The molecule has 0 radical (unpaired) electrons. The predicted octanol–water partition coefficient (Wildman–Crippen LogP) is 1.50. The third-order valence-corrected chi connectivity index (χ3v) is 6.79. The Labute approximate surface area is 155 Å². The molecule has 2 rings (SSSR count). The van der Waals surface area contributed by atoms with Crippen molar-refractivity contribution in [2.45, 2.75) is 56.0 Å². The zero-order valence-electron chi connectivity index (χ0n) is 15.5. The van der Waals surface area contributed by atoms with E-state index in [1.54, 1.807) is 14.0 Å². The minimum absolute atomic E-state index is 0.0325. The van der Waals surface area contributed by atoms with Gasteiger partial charge in [0, 0.05) is 25.7 Å². The molecule has 144 valence electrons. The van der Waals surface area contributed by atoms with Gasteiger partial charge in [-0.15, -0.1) is 0 Å². The summed E-state index contributed by atoms with van der Waals surface area (Å²) < 4.78 is 27.0. The highest BCUT2D eigenvalue weighted by molar-refractivity contribution is 7.89. The van der Waals surface area contributed by atoms with Crippen molar-refractivity contribution in [1.29, 1.82) is 0 Å².